The number of carbonyl (C=O) groups is 2. The minimum atomic E-state index is -0.309. The highest BCUT2D eigenvalue weighted by atomic mass is 16.5. The molecule has 0 aromatic heterocycles. The SMILES string of the molecule is CC1(CN2CC(=O)NC(C3CCCCC3)C2=O)CCCO1. The topological polar surface area (TPSA) is 58.6 Å². The van der Waals surface area contributed by atoms with Crippen LogP contribution in [0.1, 0.15) is 51.9 Å². The van der Waals surface area contributed by atoms with Crippen LogP contribution in [0.3, 0.4) is 0 Å². The molecule has 0 spiro atoms. The van der Waals surface area contributed by atoms with Gasteiger partial charge in [-0.1, -0.05) is 19.3 Å². The summed E-state index contributed by atoms with van der Waals surface area (Å²) in [5.41, 5.74) is -0.273. The predicted octanol–water partition coefficient (Wildman–Crippen LogP) is 1.46. The summed E-state index contributed by atoms with van der Waals surface area (Å²) < 4.78 is 5.78. The Bertz CT molecular complexity index is 412. The number of hydrogen-bond donors (Lipinski definition) is 1. The number of hydrogen-bond acceptors (Lipinski definition) is 3. The first kappa shape index (κ1) is 14.8. The fraction of sp³-hybridized carbons (Fsp3) is 0.875. The predicted molar refractivity (Wildman–Crippen MR) is 78.7 cm³/mol. The fourth-order valence-corrected chi connectivity index (χ4v) is 4.01. The van der Waals surface area contributed by atoms with Gasteiger partial charge in [-0.05, 0) is 38.5 Å². The maximum Gasteiger partial charge on any atom is 0.246 e. The summed E-state index contributed by atoms with van der Waals surface area (Å²) in [6.45, 7) is 3.54. The van der Waals surface area contributed by atoms with Gasteiger partial charge in [0.25, 0.3) is 0 Å². The number of nitrogens with one attached hydrogen (secondary N) is 1. The molecule has 2 saturated heterocycles. The molecule has 3 rings (SSSR count). The van der Waals surface area contributed by atoms with Crippen molar-refractivity contribution in [2.24, 2.45) is 5.92 Å². The van der Waals surface area contributed by atoms with Crippen LogP contribution >= 0.6 is 0 Å². The van der Waals surface area contributed by atoms with E-state index < -0.39 is 0 Å². The van der Waals surface area contributed by atoms with E-state index in [1.807, 2.05) is 0 Å². The van der Waals surface area contributed by atoms with Gasteiger partial charge in [0.15, 0.2) is 0 Å². The molecule has 1 saturated carbocycles. The molecule has 2 heterocycles. The molecule has 5 nitrogen and oxygen atoms in total. The van der Waals surface area contributed by atoms with Gasteiger partial charge < -0.3 is 15.0 Å². The van der Waals surface area contributed by atoms with E-state index >= 15 is 0 Å². The second kappa shape index (κ2) is 5.95. The highest BCUT2D eigenvalue weighted by molar-refractivity contribution is 5.95. The molecule has 3 fully saturated rings. The molecule has 2 aliphatic heterocycles. The van der Waals surface area contributed by atoms with Gasteiger partial charge in [-0.15, -0.1) is 0 Å². The van der Waals surface area contributed by atoms with Crippen LogP contribution in [0, 0.1) is 5.92 Å². The molecule has 0 radical (unpaired) electrons. The van der Waals surface area contributed by atoms with E-state index in [9.17, 15) is 9.59 Å². The first-order valence-electron chi connectivity index (χ1n) is 8.29. The van der Waals surface area contributed by atoms with Gasteiger partial charge in [0.05, 0.1) is 18.7 Å². The molecule has 2 unspecified atom stereocenters. The van der Waals surface area contributed by atoms with E-state index in [1.54, 1.807) is 4.90 Å². The number of carbonyl (C=O) groups excluding carboxylic acids is 2. The van der Waals surface area contributed by atoms with Gasteiger partial charge in [0.2, 0.25) is 11.8 Å². The average Bonchev–Trinajstić information content (AvgIpc) is 2.90. The Kier molecular flexibility index (Phi) is 4.20. The maximum atomic E-state index is 12.8. The Morgan fingerprint density at radius 1 is 1.24 bits per heavy atom. The van der Waals surface area contributed by atoms with Gasteiger partial charge in [0, 0.05) is 6.61 Å². The molecular weight excluding hydrogens is 268 g/mol. The molecule has 3 aliphatic rings. The summed E-state index contributed by atoms with van der Waals surface area (Å²) in [4.78, 5) is 26.5. The van der Waals surface area contributed by atoms with E-state index in [4.69, 9.17) is 4.74 Å². The van der Waals surface area contributed by atoms with E-state index in [0.29, 0.717) is 12.5 Å². The molecule has 2 atom stereocenters. The zero-order chi connectivity index (χ0) is 14.9. The molecule has 1 N–H and O–H groups in total. The Morgan fingerprint density at radius 2 is 2.00 bits per heavy atom. The lowest BCUT2D eigenvalue weighted by Crippen LogP contribution is -2.62. The summed E-state index contributed by atoms with van der Waals surface area (Å²) in [5, 5.41) is 2.93. The summed E-state index contributed by atoms with van der Waals surface area (Å²) in [6.07, 6.45) is 7.71. The lowest BCUT2D eigenvalue weighted by atomic mass is 9.82. The first-order chi connectivity index (χ1) is 10.1. The summed E-state index contributed by atoms with van der Waals surface area (Å²) in [6, 6.07) is -0.309. The van der Waals surface area contributed by atoms with E-state index in [1.165, 1.54) is 19.3 Å². The molecule has 0 aromatic carbocycles. The standard InChI is InChI=1S/C16H26N2O3/c1-16(8-5-9-21-16)11-18-10-13(19)17-14(15(18)20)12-6-3-2-4-7-12/h12,14H,2-11H2,1H3,(H,17,19). The molecular formula is C16H26N2O3. The first-order valence-corrected chi connectivity index (χ1v) is 8.29. The van der Waals surface area contributed by atoms with Crippen molar-refractivity contribution in [1.82, 2.24) is 10.2 Å². The highest BCUT2D eigenvalue weighted by Crippen LogP contribution is 2.30. The number of ether oxygens (including phenoxy) is 1. The molecule has 118 valence electrons. The van der Waals surface area contributed by atoms with Crippen LogP contribution < -0.4 is 5.32 Å². The van der Waals surface area contributed by atoms with Gasteiger partial charge in [-0.2, -0.15) is 0 Å². The van der Waals surface area contributed by atoms with E-state index in [0.717, 1.165) is 32.3 Å². The van der Waals surface area contributed by atoms with Crippen LogP contribution in [0.2, 0.25) is 0 Å². The quantitative estimate of drug-likeness (QED) is 0.857. The number of rotatable bonds is 3. The molecule has 0 aromatic rings. The lowest BCUT2D eigenvalue weighted by Gasteiger charge is -2.40. The second-order valence-corrected chi connectivity index (χ2v) is 7.04. The van der Waals surface area contributed by atoms with E-state index in [-0.39, 0.29) is 30.0 Å². The minimum absolute atomic E-state index is 0.0215. The van der Waals surface area contributed by atoms with Crippen LogP contribution in [0.5, 0.6) is 0 Å². The average molecular weight is 294 g/mol. The zero-order valence-electron chi connectivity index (χ0n) is 12.9. The third kappa shape index (κ3) is 3.23. The van der Waals surface area contributed by atoms with Crippen LogP contribution in [0.4, 0.5) is 0 Å². The Labute approximate surface area is 126 Å². The van der Waals surface area contributed by atoms with Crippen LogP contribution in [-0.2, 0) is 14.3 Å². The van der Waals surface area contributed by atoms with Crippen LogP contribution in [0.15, 0.2) is 0 Å². The minimum Gasteiger partial charge on any atom is -0.373 e. The Balaban J connectivity index is 1.68. The normalized spacial score (nSPS) is 35.1. The molecule has 0 bridgehead atoms. The van der Waals surface area contributed by atoms with Crippen LogP contribution in [-0.4, -0.2) is 48.1 Å². The second-order valence-electron chi connectivity index (χ2n) is 7.04. The van der Waals surface area contributed by atoms with Crippen molar-refractivity contribution in [3.63, 3.8) is 0 Å². The van der Waals surface area contributed by atoms with E-state index in [2.05, 4.69) is 12.2 Å². The molecule has 1 aliphatic carbocycles. The van der Waals surface area contributed by atoms with Crippen molar-refractivity contribution >= 4 is 11.8 Å². The molecule has 2 amide bonds. The molecule has 5 heteroatoms. The lowest BCUT2D eigenvalue weighted by molar-refractivity contribution is -0.149. The van der Waals surface area contributed by atoms with Crippen molar-refractivity contribution in [2.45, 2.75) is 63.5 Å². The number of amides is 2. The summed E-state index contributed by atoms with van der Waals surface area (Å²) in [7, 11) is 0. The highest BCUT2D eigenvalue weighted by Gasteiger charge is 2.41. The zero-order valence-corrected chi connectivity index (χ0v) is 12.9. The van der Waals surface area contributed by atoms with Gasteiger partial charge in [0.1, 0.15) is 6.04 Å². The molecule has 21 heavy (non-hydrogen) atoms. The van der Waals surface area contributed by atoms with Crippen molar-refractivity contribution in [3.8, 4) is 0 Å². The van der Waals surface area contributed by atoms with Crippen molar-refractivity contribution < 1.29 is 14.3 Å². The smallest absolute Gasteiger partial charge is 0.246 e. The van der Waals surface area contributed by atoms with Gasteiger partial charge in [-0.3, -0.25) is 9.59 Å². The largest absolute Gasteiger partial charge is 0.373 e. The Morgan fingerprint density at radius 3 is 2.67 bits per heavy atom. The van der Waals surface area contributed by atoms with Gasteiger partial charge in [-0.25, -0.2) is 0 Å². The van der Waals surface area contributed by atoms with Crippen LogP contribution in [0.25, 0.3) is 0 Å². The van der Waals surface area contributed by atoms with Crippen molar-refractivity contribution in [1.29, 1.82) is 0 Å². The Hall–Kier alpha value is -1.10. The van der Waals surface area contributed by atoms with Crippen molar-refractivity contribution in [2.75, 3.05) is 19.7 Å². The summed E-state index contributed by atoms with van der Waals surface area (Å²) >= 11 is 0. The van der Waals surface area contributed by atoms with Crippen molar-refractivity contribution in [3.05, 3.63) is 0 Å². The van der Waals surface area contributed by atoms with Gasteiger partial charge >= 0.3 is 0 Å². The maximum absolute atomic E-state index is 12.8. The third-order valence-electron chi connectivity index (χ3n) is 5.18. The number of piperazine rings is 1. The fourth-order valence-electron chi connectivity index (χ4n) is 4.01. The monoisotopic (exact) mass is 294 g/mol. The number of nitrogens with zero attached hydrogens (tertiary/aromatic N) is 1. The third-order valence-corrected chi connectivity index (χ3v) is 5.18. The summed E-state index contributed by atoms with van der Waals surface area (Å²) in [5.74, 6) is 0.389.